The van der Waals surface area contributed by atoms with E-state index in [9.17, 15) is 22.4 Å². The Hall–Kier alpha value is -1.99. The molecule has 0 aliphatic carbocycles. The molecule has 0 aliphatic rings. The predicted molar refractivity (Wildman–Crippen MR) is 62.9 cm³/mol. The van der Waals surface area contributed by atoms with Crippen molar-refractivity contribution in [1.82, 2.24) is 0 Å². The highest BCUT2D eigenvalue weighted by molar-refractivity contribution is 5.95. The monoisotopic (exact) mass is 295 g/mol. The van der Waals surface area contributed by atoms with Gasteiger partial charge in [0.25, 0.3) is 0 Å². The van der Waals surface area contributed by atoms with E-state index in [4.69, 9.17) is 5.73 Å². The van der Waals surface area contributed by atoms with Crippen LogP contribution < -0.4 is 10.5 Å². The van der Waals surface area contributed by atoms with Crippen LogP contribution in [0.2, 0.25) is 0 Å². The molecule has 0 saturated heterocycles. The standard InChI is InChI=1S/C12H13F4NO3/c1-2-19-11(18)7-5-10(8(13)6-9(7)17)20-4-3-12(14,15)16/h5-6H,2-4,17H2,1H3. The fraction of sp³-hybridized carbons (Fsp3) is 0.417. The Morgan fingerprint density at radius 3 is 2.55 bits per heavy atom. The molecule has 1 aromatic rings. The lowest BCUT2D eigenvalue weighted by Gasteiger charge is -2.12. The van der Waals surface area contributed by atoms with Crippen molar-refractivity contribution in [2.75, 3.05) is 18.9 Å². The Balaban J connectivity index is 2.86. The molecule has 0 heterocycles. The van der Waals surface area contributed by atoms with Gasteiger partial charge in [-0.1, -0.05) is 0 Å². The van der Waals surface area contributed by atoms with Crippen LogP contribution in [-0.4, -0.2) is 25.4 Å². The first-order valence-electron chi connectivity index (χ1n) is 5.70. The maximum atomic E-state index is 13.5. The van der Waals surface area contributed by atoms with Crippen molar-refractivity contribution in [2.24, 2.45) is 0 Å². The molecule has 0 radical (unpaired) electrons. The van der Waals surface area contributed by atoms with Crippen LogP contribution in [0.3, 0.4) is 0 Å². The van der Waals surface area contributed by atoms with Crippen molar-refractivity contribution in [3.8, 4) is 5.75 Å². The maximum absolute atomic E-state index is 13.5. The Morgan fingerprint density at radius 1 is 1.35 bits per heavy atom. The van der Waals surface area contributed by atoms with E-state index >= 15 is 0 Å². The van der Waals surface area contributed by atoms with Crippen molar-refractivity contribution in [3.63, 3.8) is 0 Å². The maximum Gasteiger partial charge on any atom is 0.392 e. The number of hydrogen-bond donors (Lipinski definition) is 1. The zero-order chi connectivity index (χ0) is 15.3. The summed E-state index contributed by atoms with van der Waals surface area (Å²) in [5.41, 5.74) is 5.11. The molecule has 0 fully saturated rings. The van der Waals surface area contributed by atoms with Crippen LogP contribution in [0.4, 0.5) is 23.2 Å². The Labute approximate surface area is 112 Å². The topological polar surface area (TPSA) is 61.5 Å². The summed E-state index contributed by atoms with van der Waals surface area (Å²) in [6, 6.07) is 1.73. The zero-order valence-electron chi connectivity index (χ0n) is 10.6. The molecule has 0 amide bonds. The van der Waals surface area contributed by atoms with Gasteiger partial charge in [-0.3, -0.25) is 0 Å². The summed E-state index contributed by atoms with van der Waals surface area (Å²) >= 11 is 0. The molecular weight excluding hydrogens is 282 g/mol. The molecule has 0 unspecified atom stereocenters. The molecule has 4 nitrogen and oxygen atoms in total. The molecule has 0 spiro atoms. The number of hydrogen-bond acceptors (Lipinski definition) is 4. The molecule has 20 heavy (non-hydrogen) atoms. The van der Waals surface area contributed by atoms with Crippen molar-refractivity contribution in [1.29, 1.82) is 0 Å². The summed E-state index contributed by atoms with van der Waals surface area (Å²) in [6.45, 7) is 0.894. The largest absolute Gasteiger partial charge is 0.490 e. The minimum atomic E-state index is -4.41. The second-order valence-corrected chi connectivity index (χ2v) is 3.80. The third kappa shape index (κ3) is 4.60. The molecule has 0 atom stereocenters. The highest BCUT2D eigenvalue weighted by Gasteiger charge is 2.27. The number of carbonyl (C=O) groups excluding carboxylic acids is 1. The van der Waals surface area contributed by atoms with E-state index in [1.54, 1.807) is 6.92 Å². The van der Waals surface area contributed by atoms with Gasteiger partial charge in [0.1, 0.15) is 0 Å². The van der Waals surface area contributed by atoms with Crippen LogP contribution in [0.1, 0.15) is 23.7 Å². The zero-order valence-corrected chi connectivity index (χ0v) is 10.6. The number of anilines is 1. The average molecular weight is 295 g/mol. The number of alkyl halides is 3. The summed E-state index contributed by atoms with van der Waals surface area (Å²) in [6.07, 6.45) is -5.64. The lowest BCUT2D eigenvalue weighted by atomic mass is 10.1. The van der Waals surface area contributed by atoms with Gasteiger partial charge in [0.15, 0.2) is 11.6 Å². The molecule has 1 aromatic carbocycles. The van der Waals surface area contributed by atoms with E-state index in [1.807, 2.05) is 0 Å². The summed E-state index contributed by atoms with van der Waals surface area (Å²) < 4.78 is 58.7. The number of halogens is 4. The first-order chi connectivity index (χ1) is 9.24. The van der Waals surface area contributed by atoms with Crippen molar-refractivity contribution in [2.45, 2.75) is 19.5 Å². The van der Waals surface area contributed by atoms with Gasteiger partial charge in [-0.2, -0.15) is 13.2 Å². The second-order valence-electron chi connectivity index (χ2n) is 3.80. The van der Waals surface area contributed by atoms with E-state index in [0.717, 1.165) is 12.1 Å². The van der Waals surface area contributed by atoms with Crippen LogP contribution in [0.25, 0.3) is 0 Å². The average Bonchev–Trinajstić information content (AvgIpc) is 2.30. The van der Waals surface area contributed by atoms with Gasteiger partial charge in [0.05, 0.1) is 25.2 Å². The molecule has 8 heteroatoms. The minimum absolute atomic E-state index is 0.0832. The third-order valence-electron chi connectivity index (χ3n) is 2.24. The van der Waals surface area contributed by atoms with Gasteiger partial charge in [-0.25, -0.2) is 9.18 Å². The van der Waals surface area contributed by atoms with Crippen LogP contribution in [-0.2, 0) is 4.74 Å². The van der Waals surface area contributed by atoms with E-state index in [-0.39, 0.29) is 17.9 Å². The molecule has 1 rings (SSSR count). The van der Waals surface area contributed by atoms with E-state index < -0.39 is 36.7 Å². The predicted octanol–water partition coefficient (Wildman–Crippen LogP) is 2.92. The Bertz CT molecular complexity index is 488. The van der Waals surface area contributed by atoms with Gasteiger partial charge in [0, 0.05) is 11.8 Å². The number of benzene rings is 1. The van der Waals surface area contributed by atoms with E-state index in [2.05, 4.69) is 9.47 Å². The van der Waals surface area contributed by atoms with Crippen LogP contribution in [0, 0.1) is 5.82 Å². The minimum Gasteiger partial charge on any atom is -0.490 e. The third-order valence-corrected chi connectivity index (χ3v) is 2.24. The van der Waals surface area contributed by atoms with Gasteiger partial charge >= 0.3 is 12.1 Å². The van der Waals surface area contributed by atoms with Crippen LogP contribution >= 0.6 is 0 Å². The molecule has 2 N–H and O–H groups in total. The fourth-order valence-electron chi connectivity index (χ4n) is 1.34. The highest BCUT2D eigenvalue weighted by atomic mass is 19.4. The fourth-order valence-corrected chi connectivity index (χ4v) is 1.34. The molecule has 0 bridgehead atoms. The summed E-state index contributed by atoms with van der Waals surface area (Å²) in [5, 5.41) is 0. The van der Waals surface area contributed by atoms with Gasteiger partial charge in [-0.05, 0) is 13.0 Å². The lowest BCUT2D eigenvalue weighted by Crippen LogP contribution is -2.14. The molecule has 0 aliphatic heterocycles. The number of nitrogen functional groups attached to an aromatic ring is 1. The molecule has 0 aromatic heterocycles. The molecule has 112 valence electrons. The van der Waals surface area contributed by atoms with Crippen LogP contribution in [0.5, 0.6) is 5.75 Å². The lowest BCUT2D eigenvalue weighted by molar-refractivity contribution is -0.139. The van der Waals surface area contributed by atoms with Crippen molar-refractivity contribution in [3.05, 3.63) is 23.5 Å². The van der Waals surface area contributed by atoms with E-state index in [1.165, 1.54) is 0 Å². The normalized spacial score (nSPS) is 11.2. The number of carbonyl (C=O) groups is 1. The molecule has 0 saturated carbocycles. The van der Waals surface area contributed by atoms with Gasteiger partial charge in [0.2, 0.25) is 0 Å². The van der Waals surface area contributed by atoms with Crippen LogP contribution in [0.15, 0.2) is 12.1 Å². The summed E-state index contributed by atoms with van der Waals surface area (Å²) in [7, 11) is 0. The Kier molecular flexibility index (Phi) is 5.18. The van der Waals surface area contributed by atoms with Gasteiger partial charge < -0.3 is 15.2 Å². The highest BCUT2D eigenvalue weighted by Crippen LogP contribution is 2.26. The van der Waals surface area contributed by atoms with Crippen molar-refractivity contribution < 1.29 is 31.8 Å². The second kappa shape index (κ2) is 6.44. The number of esters is 1. The number of rotatable bonds is 5. The Morgan fingerprint density at radius 2 is 2.00 bits per heavy atom. The number of ether oxygens (including phenoxy) is 2. The first kappa shape index (κ1) is 16.1. The summed E-state index contributed by atoms with van der Waals surface area (Å²) in [5.74, 6) is -2.23. The quantitative estimate of drug-likeness (QED) is 0.515. The smallest absolute Gasteiger partial charge is 0.392 e. The van der Waals surface area contributed by atoms with E-state index in [0.29, 0.717) is 0 Å². The first-order valence-corrected chi connectivity index (χ1v) is 5.70. The molecular formula is C12H13F4NO3. The SMILES string of the molecule is CCOC(=O)c1cc(OCCC(F)(F)F)c(F)cc1N. The number of nitrogens with two attached hydrogens (primary N) is 1. The summed E-state index contributed by atoms with van der Waals surface area (Å²) in [4.78, 5) is 11.5. The van der Waals surface area contributed by atoms with Crippen molar-refractivity contribution >= 4 is 11.7 Å². The van der Waals surface area contributed by atoms with Gasteiger partial charge in [-0.15, -0.1) is 0 Å².